The molecule has 3 N–H and O–H groups in total. The zero-order valence-electron chi connectivity index (χ0n) is 10.5. The monoisotopic (exact) mass is 244 g/mol. The lowest BCUT2D eigenvalue weighted by molar-refractivity contribution is 0.877. The van der Waals surface area contributed by atoms with Gasteiger partial charge in [-0.25, -0.2) is 10.8 Å². The molecule has 2 aromatic rings. The number of hydrogen-bond donors (Lipinski definition) is 2. The van der Waals surface area contributed by atoms with Gasteiger partial charge in [-0.3, -0.25) is 10.4 Å². The van der Waals surface area contributed by atoms with Crippen molar-refractivity contribution in [3.63, 3.8) is 0 Å². The average Bonchev–Trinajstić information content (AvgIpc) is 2.40. The number of aromatic nitrogens is 3. The molecule has 2 rings (SSSR count). The van der Waals surface area contributed by atoms with Crippen LogP contribution in [0.15, 0.2) is 30.7 Å². The van der Waals surface area contributed by atoms with Crippen molar-refractivity contribution < 1.29 is 0 Å². The van der Waals surface area contributed by atoms with Gasteiger partial charge < -0.3 is 4.90 Å². The largest absolute Gasteiger partial charge is 0.355 e. The van der Waals surface area contributed by atoms with Crippen LogP contribution in [-0.4, -0.2) is 22.0 Å². The summed E-state index contributed by atoms with van der Waals surface area (Å²) in [6, 6.07) is 3.95. The van der Waals surface area contributed by atoms with Crippen LogP contribution in [0.5, 0.6) is 0 Å². The summed E-state index contributed by atoms with van der Waals surface area (Å²) in [5, 5.41) is 0. The van der Waals surface area contributed by atoms with Gasteiger partial charge >= 0.3 is 0 Å². The number of nitrogen functional groups attached to an aromatic ring is 1. The number of pyridine rings is 1. The van der Waals surface area contributed by atoms with Gasteiger partial charge in [0.25, 0.3) is 0 Å². The fourth-order valence-corrected chi connectivity index (χ4v) is 1.73. The maximum Gasteiger partial charge on any atom is 0.239 e. The van der Waals surface area contributed by atoms with E-state index in [1.54, 1.807) is 12.4 Å². The molecule has 0 atom stereocenters. The highest BCUT2D eigenvalue weighted by Crippen LogP contribution is 2.18. The Morgan fingerprint density at radius 1 is 1.39 bits per heavy atom. The second-order valence-corrected chi connectivity index (χ2v) is 4.06. The smallest absolute Gasteiger partial charge is 0.239 e. The molecule has 2 aromatic heterocycles. The van der Waals surface area contributed by atoms with Crippen molar-refractivity contribution >= 4 is 11.8 Å². The molecule has 0 radical (unpaired) electrons. The van der Waals surface area contributed by atoms with Gasteiger partial charge in [-0.05, 0) is 18.6 Å². The minimum Gasteiger partial charge on any atom is -0.355 e. The first-order valence-corrected chi connectivity index (χ1v) is 5.61. The van der Waals surface area contributed by atoms with Gasteiger partial charge in [0.1, 0.15) is 5.82 Å². The summed E-state index contributed by atoms with van der Waals surface area (Å²) in [6.07, 6.45) is 5.35. The maximum atomic E-state index is 5.32. The summed E-state index contributed by atoms with van der Waals surface area (Å²) in [5.41, 5.74) is 4.58. The van der Waals surface area contributed by atoms with Gasteiger partial charge in [0, 0.05) is 37.7 Å². The Hall–Kier alpha value is -2.21. The summed E-state index contributed by atoms with van der Waals surface area (Å²) < 4.78 is 0. The van der Waals surface area contributed by atoms with E-state index in [1.165, 1.54) is 0 Å². The summed E-state index contributed by atoms with van der Waals surface area (Å²) in [7, 11) is 1.97. The summed E-state index contributed by atoms with van der Waals surface area (Å²) in [5.74, 6) is 6.58. The zero-order valence-corrected chi connectivity index (χ0v) is 10.5. The van der Waals surface area contributed by atoms with Gasteiger partial charge in [-0.15, -0.1) is 0 Å². The van der Waals surface area contributed by atoms with E-state index in [2.05, 4.69) is 20.4 Å². The molecule has 0 aliphatic rings. The van der Waals surface area contributed by atoms with Crippen molar-refractivity contribution in [3.05, 3.63) is 41.9 Å². The molecular weight excluding hydrogens is 228 g/mol. The minimum absolute atomic E-state index is 0.411. The van der Waals surface area contributed by atoms with Gasteiger partial charge in [0.05, 0.1) is 0 Å². The van der Waals surface area contributed by atoms with Crippen molar-refractivity contribution in [1.82, 2.24) is 15.0 Å². The van der Waals surface area contributed by atoms with Crippen LogP contribution >= 0.6 is 0 Å². The molecule has 0 unspecified atom stereocenters. The lowest BCUT2D eigenvalue weighted by Gasteiger charge is -2.20. The van der Waals surface area contributed by atoms with Crippen molar-refractivity contribution in [2.24, 2.45) is 5.84 Å². The number of rotatable bonds is 4. The SMILES string of the molecule is Cc1cnc(NN)nc1N(C)Cc1cccnc1. The Kier molecular flexibility index (Phi) is 3.69. The van der Waals surface area contributed by atoms with E-state index in [4.69, 9.17) is 5.84 Å². The molecule has 0 saturated carbocycles. The van der Waals surface area contributed by atoms with E-state index in [1.807, 2.05) is 37.2 Å². The number of hydrazine groups is 1. The van der Waals surface area contributed by atoms with E-state index in [0.717, 1.165) is 23.5 Å². The predicted molar refractivity (Wildman–Crippen MR) is 70.9 cm³/mol. The molecule has 0 saturated heterocycles. The zero-order chi connectivity index (χ0) is 13.0. The van der Waals surface area contributed by atoms with Crippen LogP contribution < -0.4 is 16.2 Å². The standard InChI is InChI=1S/C12H16N6/c1-9-6-15-12(17-13)16-11(9)18(2)8-10-4-3-5-14-7-10/h3-7H,8,13H2,1-2H3,(H,15,16,17). The van der Waals surface area contributed by atoms with Gasteiger partial charge in [-0.1, -0.05) is 6.07 Å². The van der Waals surface area contributed by atoms with Crippen LogP contribution in [0.25, 0.3) is 0 Å². The van der Waals surface area contributed by atoms with Crippen LogP contribution in [-0.2, 0) is 6.54 Å². The Labute approximate surface area is 106 Å². The van der Waals surface area contributed by atoms with Crippen molar-refractivity contribution in [2.75, 3.05) is 17.4 Å². The normalized spacial score (nSPS) is 10.2. The Morgan fingerprint density at radius 3 is 2.89 bits per heavy atom. The molecule has 6 nitrogen and oxygen atoms in total. The molecule has 18 heavy (non-hydrogen) atoms. The fourth-order valence-electron chi connectivity index (χ4n) is 1.73. The molecule has 0 spiro atoms. The van der Waals surface area contributed by atoms with Crippen LogP contribution in [0.1, 0.15) is 11.1 Å². The van der Waals surface area contributed by atoms with Gasteiger partial charge in [-0.2, -0.15) is 4.98 Å². The quantitative estimate of drug-likeness (QED) is 0.619. The number of hydrogen-bond acceptors (Lipinski definition) is 6. The number of nitrogens with two attached hydrogens (primary N) is 1. The Bertz CT molecular complexity index is 513. The topological polar surface area (TPSA) is 80.0 Å². The number of nitrogens with one attached hydrogen (secondary N) is 1. The first-order chi connectivity index (χ1) is 8.70. The molecule has 0 aliphatic carbocycles. The molecule has 0 fully saturated rings. The molecule has 0 aromatic carbocycles. The highest BCUT2D eigenvalue weighted by molar-refractivity contribution is 5.48. The number of nitrogens with zero attached hydrogens (tertiary/aromatic N) is 4. The molecule has 6 heteroatoms. The maximum absolute atomic E-state index is 5.32. The third kappa shape index (κ3) is 2.72. The molecule has 0 aliphatic heterocycles. The minimum atomic E-state index is 0.411. The van der Waals surface area contributed by atoms with E-state index in [0.29, 0.717) is 5.95 Å². The van der Waals surface area contributed by atoms with E-state index < -0.39 is 0 Å². The van der Waals surface area contributed by atoms with E-state index >= 15 is 0 Å². The van der Waals surface area contributed by atoms with Crippen LogP contribution in [0, 0.1) is 6.92 Å². The van der Waals surface area contributed by atoms with E-state index in [-0.39, 0.29) is 0 Å². The highest BCUT2D eigenvalue weighted by atomic mass is 15.3. The molecule has 94 valence electrons. The lowest BCUT2D eigenvalue weighted by Crippen LogP contribution is -2.20. The second-order valence-electron chi connectivity index (χ2n) is 4.06. The summed E-state index contributed by atoms with van der Waals surface area (Å²) in [6.45, 7) is 2.70. The first kappa shape index (κ1) is 12.3. The number of aryl methyl sites for hydroxylation is 1. The Morgan fingerprint density at radius 2 is 2.22 bits per heavy atom. The lowest BCUT2D eigenvalue weighted by atomic mass is 10.2. The molecule has 2 heterocycles. The molecule has 0 bridgehead atoms. The molecular formula is C12H16N6. The van der Waals surface area contributed by atoms with Crippen molar-refractivity contribution in [2.45, 2.75) is 13.5 Å². The fraction of sp³-hybridized carbons (Fsp3) is 0.250. The van der Waals surface area contributed by atoms with Gasteiger partial charge in [0.2, 0.25) is 5.95 Å². The highest BCUT2D eigenvalue weighted by Gasteiger charge is 2.09. The second kappa shape index (κ2) is 5.42. The van der Waals surface area contributed by atoms with Gasteiger partial charge in [0.15, 0.2) is 0 Å². The third-order valence-electron chi connectivity index (χ3n) is 2.58. The average molecular weight is 244 g/mol. The third-order valence-corrected chi connectivity index (χ3v) is 2.58. The number of anilines is 2. The van der Waals surface area contributed by atoms with Crippen LogP contribution in [0.4, 0.5) is 11.8 Å². The summed E-state index contributed by atoms with van der Waals surface area (Å²) >= 11 is 0. The van der Waals surface area contributed by atoms with Crippen LogP contribution in [0.3, 0.4) is 0 Å². The van der Waals surface area contributed by atoms with Crippen molar-refractivity contribution in [3.8, 4) is 0 Å². The summed E-state index contributed by atoms with van der Waals surface area (Å²) in [4.78, 5) is 14.5. The molecule has 0 amide bonds. The van der Waals surface area contributed by atoms with Crippen molar-refractivity contribution in [1.29, 1.82) is 0 Å². The predicted octanol–water partition coefficient (Wildman–Crippen LogP) is 1.10. The van der Waals surface area contributed by atoms with E-state index in [9.17, 15) is 0 Å². The first-order valence-electron chi connectivity index (χ1n) is 5.61. The van der Waals surface area contributed by atoms with Crippen LogP contribution in [0.2, 0.25) is 0 Å². The Balaban J connectivity index is 2.20.